The maximum atomic E-state index is 13.5. The molecular weight excluding hydrogens is 564 g/mol. The second kappa shape index (κ2) is 14.7. The lowest BCUT2D eigenvalue weighted by Crippen LogP contribution is -2.47. The molecule has 3 amide bonds. The van der Waals surface area contributed by atoms with Crippen LogP contribution in [0.2, 0.25) is 0 Å². The average molecular weight is 605 g/mol. The van der Waals surface area contributed by atoms with E-state index in [1.165, 1.54) is 0 Å². The molecule has 0 aromatic heterocycles. The highest BCUT2D eigenvalue weighted by Crippen LogP contribution is 2.29. The summed E-state index contributed by atoms with van der Waals surface area (Å²) in [5, 5.41) is 24.7. The predicted molar refractivity (Wildman–Crippen MR) is 167 cm³/mol. The number of anilines is 2. The van der Waals surface area contributed by atoms with Crippen LogP contribution in [0.15, 0.2) is 66.7 Å². The molecule has 1 aliphatic heterocycles. The van der Waals surface area contributed by atoms with Gasteiger partial charge in [-0.1, -0.05) is 19.1 Å². The van der Waals surface area contributed by atoms with E-state index in [1.807, 2.05) is 20.9 Å². The SMILES string of the molecule is COc1ccc(NC(=O)Nc2ccc3c(c2)CC(=O)N([C@H](C)CO)C[C@@H](C)[C@@H](CN(C)Cc2ccc(C(=O)O)cc2)O3)cc1. The topological polar surface area (TPSA) is 141 Å². The van der Waals surface area contributed by atoms with Crippen molar-refractivity contribution >= 4 is 29.3 Å². The number of aliphatic hydroxyl groups is 1. The van der Waals surface area contributed by atoms with Crippen LogP contribution in [-0.4, -0.2) is 83.9 Å². The van der Waals surface area contributed by atoms with Crippen molar-refractivity contribution in [1.29, 1.82) is 0 Å². The van der Waals surface area contributed by atoms with Crippen molar-refractivity contribution in [3.8, 4) is 11.5 Å². The third-order valence-electron chi connectivity index (χ3n) is 7.67. The Morgan fingerprint density at radius 1 is 1.07 bits per heavy atom. The van der Waals surface area contributed by atoms with Crippen LogP contribution < -0.4 is 20.1 Å². The number of nitrogens with one attached hydrogen (secondary N) is 2. The fourth-order valence-corrected chi connectivity index (χ4v) is 5.13. The Bertz CT molecular complexity index is 1450. The largest absolute Gasteiger partial charge is 0.497 e. The summed E-state index contributed by atoms with van der Waals surface area (Å²) in [6.07, 6.45) is -0.269. The molecule has 0 saturated carbocycles. The first-order valence-corrected chi connectivity index (χ1v) is 14.5. The summed E-state index contributed by atoms with van der Waals surface area (Å²) >= 11 is 0. The third kappa shape index (κ3) is 8.48. The average Bonchev–Trinajstić information content (AvgIpc) is 3.04. The van der Waals surface area contributed by atoms with E-state index in [-0.39, 0.29) is 42.6 Å². The first-order chi connectivity index (χ1) is 21.1. The van der Waals surface area contributed by atoms with Gasteiger partial charge in [0.15, 0.2) is 0 Å². The summed E-state index contributed by atoms with van der Waals surface area (Å²) in [6.45, 7) is 5.16. The smallest absolute Gasteiger partial charge is 0.335 e. The Morgan fingerprint density at radius 2 is 1.73 bits per heavy atom. The van der Waals surface area contributed by atoms with Gasteiger partial charge in [-0.05, 0) is 74.1 Å². The summed E-state index contributed by atoms with van der Waals surface area (Å²) in [4.78, 5) is 41.2. The molecule has 3 atom stereocenters. The van der Waals surface area contributed by atoms with E-state index in [4.69, 9.17) is 9.47 Å². The predicted octanol–water partition coefficient (Wildman–Crippen LogP) is 4.32. The maximum Gasteiger partial charge on any atom is 0.335 e. The zero-order chi connectivity index (χ0) is 31.8. The van der Waals surface area contributed by atoms with Crippen molar-refractivity contribution < 1.29 is 34.1 Å². The third-order valence-corrected chi connectivity index (χ3v) is 7.67. The van der Waals surface area contributed by atoms with Gasteiger partial charge in [-0.25, -0.2) is 9.59 Å². The monoisotopic (exact) mass is 604 g/mol. The maximum absolute atomic E-state index is 13.5. The number of ether oxygens (including phenoxy) is 2. The molecule has 11 heteroatoms. The fraction of sp³-hybridized carbons (Fsp3) is 0.364. The lowest BCUT2D eigenvalue weighted by atomic mass is 10.0. The number of amides is 3. The number of carboxylic acids is 1. The van der Waals surface area contributed by atoms with Gasteiger partial charge in [-0.15, -0.1) is 0 Å². The van der Waals surface area contributed by atoms with E-state index >= 15 is 0 Å². The van der Waals surface area contributed by atoms with Crippen molar-refractivity contribution in [2.45, 2.75) is 39.0 Å². The molecule has 4 rings (SSSR count). The lowest BCUT2D eigenvalue weighted by molar-refractivity contribution is -0.134. The van der Waals surface area contributed by atoms with Gasteiger partial charge < -0.3 is 35.2 Å². The van der Waals surface area contributed by atoms with Crippen molar-refractivity contribution in [2.24, 2.45) is 5.92 Å². The minimum atomic E-state index is -0.969. The van der Waals surface area contributed by atoms with Crippen molar-refractivity contribution in [2.75, 3.05) is 44.5 Å². The van der Waals surface area contributed by atoms with Crippen LogP contribution in [0.3, 0.4) is 0 Å². The molecule has 0 bridgehead atoms. The Morgan fingerprint density at radius 3 is 2.36 bits per heavy atom. The number of rotatable bonds is 10. The standard InChI is InChI=1S/C33H40N4O7/c1-21-17-37(22(2)20-38)31(39)16-25-15-27(35-33(42)34-26-9-12-28(43-4)13-10-26)11-14-29(25)44-30(21)19-36(3)18-23-5-7-24(8-6-23)32(40)41/h5-15,21-22,30,38H,16-20H2,1-4H3,(H,40,41)(H2,34,35,42)/t21-,22-,30-/m1/s1. The van der Waals surface area contributed by atoms with Crippen LogP contribution in [0.5, 0.6) is 11.5 Å². The van der Waals surface area contributed by atoms with Crippen LogP contribution in [0.1, 0.15) is 35.3 Å². The molecule has 1 heterocycles. The number of carbonyl (C=O) groups is 3. The number of carboxylic acid groups (broad SMARTS) is 1. The van der Waals surface area contributed by atoms with E-state index in [2.05, 4.69) is 15.5 Å². The second-order valence-electron chi connectivity index (χ2n) is 11.2. The zero-order valence-electron chi connectivity index (χ0n) is 25.4. The van der Waals surface area contributed by atoms with Crippen LogP contribution in [0, 0.1) is 5.92 Å². The molecule has 0 fully saturated rings. The molecule has 3 aromatic rings. The first-order valence-electron chi connectivity index (χ1n) is 14.5. The van der Waals surface area contributed by atoms with Crippen molar-refractivity contribution in [1.82, 2.24) is 9.80 Å². The molecule has 44 heavy (non-hydrogen) atoms. The molecule has 4 N–H and O–H groups in total. The van der Waals surface area contributed by atoms with Gasteiger partial charge in [-0.3, -0.25) is 9.69 Å². The van der Waals surface area contributed by atoms with E-state index < -0.39 is 12.0 Å². The Labute approximate surface area is 257 Å². The lowest BCUT2D eigenvalue weighted by Gasteiger charge is -2.34. The summed E-state index contributed by atoms with van der Waals surface area (Å²) in [5.41, 5.74) is 2.91. The highest BCUT2D eigenvalue weighted by atomic mass is 16.5. The molecular formula is C33H40N4O7. The second-order valence-corrected chi connectivity index (χ2v) is 11.2. The van der Waals surface area contributed by atoms with Gasteiger partial charge in [0.1, 0.15) is 17.6 Å². The van der Waals surface area contributed by atoms with E-state index in [0.717, 1.165) is 5.56 Å². The number of hydrogen-bond acceptors (Lipinski definition) is 7. The van der Waals surface area contributed by atoms with E-state index in [0.29, 0.717) is 48.1 Å². The number of fused-ring (bicyclic) bond motifs is 1. The summed E-state index contributed by atoms with van der Waals surface area (Å²) < 4.78 is 11.7. The first kappa shape index (κ1) is 32.3. The Kier molecular flexibility index (Phi) is 10.8. The summed E-state index contributed by atoms with van der Waals surface area (Å²) in [5.74, 6) is 0.0354. The fourth-order valence-electron chi connectivity index (χ4n) is 5.13. The number of nitrogens with zero attached hydrogens (tertiary/aromatic N) is 2. The number of hydrogen-bond donors (Lipinski definition) is 4. The minimum absolute atomic E-state index is 0.0422. The number of urea groups is 1. The van der Waals surface area contributed by atoms with Gasteiger partial charge in [0.2, 0.25) is 5.91 Å². The molecule has 0 radical (unpaired) electrons. The highest BCUT2D eigenvalue weighted by Gasteiger charge is 2.31. The number of likely N-dealkylation sites (N-methyl/N-ethyl adjacent to an activating group) is 1. The van der Waals surface area contributed by atoms with Gasteiger partial charge >= 0.3 is 12.0 Å². The van der Waals surface area contributed by atoms with Crippen LogP contribution in [-0.2, 0) is 17.8 Å². The van der Waals surface area contributed by atoms with Gasteiger partial charge in [0, 0.05) is 42.5 Å². The zero-order valence-corrected chi connectivity index (χ0v) is 25.4. The number of carbonyl (C=O) groups excluding carboxylic acids is 2. The molecule has 0 aliphatic carbocycles. The van der Waals surface area contributed by atoms with E-state index in [1.54, 1.807) is 78.7 Å². The van der Waals surface area contributed by atoms with Crippen LogP contribution >= 0.6 is 0 Å². The van der Waals surface area contributed by atoms with Crippen molar-refractivity contribution in [3.05, 3.63) is 83.4 Å². The minimum Gasteiger partial charge on any atom is -0.497 e. The molecule has 0 spiro atoms. The Balaban J connectivity index is 1.53. The van der Waals surface area contributed by atoms with Crippen LogP contribution in [0.25, 0.3) is 0 Å². The van der Waals surface area contributed by atoms with Gasteiger partial charge in [-0.2, -0.15) is 0 Å². The molecule has 0 unspecified atom stereocenters. The summed E-state index contributed by atoms with van der Waals surface area (Å²) in [6, 6.07) is 18.1. The van der Waals surface area contributed by atoms with Crippen LogP contribution in [0.4, 0.5) is 16.2 Å². The summed E-state index contributed by atoms with van der Waals surface area (Å²) in [7, 11) is 3.53. The molecule has 11 nitrogen and oxygen atoms in total. The molecule has 1 aliphatic rings. The normalized spacial score (nSPS) is 17.4. The van der Waals surface area contributed by atoms with Gasteiger partial charge in [0.05, 0.1) is 31.7 Å². The number of benzene rings is 3. The van der Waals surface area contributed by atoms with E-state index in [9.17, 15) is 24.6 Å². The molecule has 0 saturated heterocycles. The quantitative estimate of drug-likeness (QED) is 0.268. The van der Waals surface area contributed by atoms with Gasteiger partial charge in [0.25, 0.3) is 0 Å². The number of methoxy groups -OCH3 is 1. The number of aliphatic hydroxyl groups excluding tert-OH is 1. The Hall–Kier alpha value is -4.61. The molecule has 234 valence electrons. The van der Waals surface area contributed by atoms with Crippen molar-refractivity contribution in [3.63, 3.8) is 0 Å². The number of aromatic carboxylic acids is 1. The molecule has 3 aromatic carbocycles. The highest BCUT2D eigenvalue weighted by molar-refractivity contribution is 6.00.